The highest BCUT2D eigenvalue weighted by Gasteiger charge is 2.21. The maximum Gasteiger partial charge on any atom is 0.337 e. The summed E-state index contributed by atoms with van der Waals surface area (Å²) in [6.45, 7) is 7.45. The highest BCUT2D eigenvalue weighted by Crippen LogP contribution is 2.15. The number of carbonyl (C=O) groups excluding carboxylic acids is 1. The van der Waals surface area contributed by atoms with Crippen molar-refractivity contribution < 1.29 is 14.3 Å². The van der Waals surface area contributed by atoms with Crippen molar-refractivity contribution in [3.05, 3.63) is 35.4 Å². The SMILES string of the molecule is COC(=O)c1ccc(CN2CCCN(CC3CCCO3)CC2)cc1. The number of nitrogens with zero attached hydrogens (tertiary/aromatic N) is 2. The highest BCUT2D eigenvalue weighted by molar-refractivity contribution is 5.89. The summed E-state index contributed by atoms with van der Waals surface area (Å²) < 4.78 is 10.5. The summed E-state index contributed by atoms with van der Waals surface area (Å²) in [4.78, 5) is 16.5. The Morgan fingerprint density at radius 3 is 2.58 bits per heavy atom. The number of esters is 1. The van der Waals surface area contributed by atoms with Gasteiger partial charge in [-0.05, 0) is 50.0 Å². The Morgan fingerprint density at radius 1 is 1.12 bits per heavy atom. The molecule has 0 radical (unpaired) electrons. The molecule has 24 heavy (non-hydrogen) atoms. The van der Waals surface area contributed by atoms with Crippen molar-refractivity contribution in [3.63, 3.8) is 0 Å². The maximum atomic E-state index is 11.5. The minimum absolute atomic E-state index is 0.277. The van der Waals surface area contributed by atoms with E-state index in [1.54, 1.807) is 0 Å². The van der Waals surface area contributed by atoms with E-state index >= 15 is 0 Å². The first-order chi connectivity index (χ1) is 11.7. The molecule has 0 N–H and O–H groups in total. The van der Waals surface area contributed by atoms with E-state index < -0.39 is 0 Å². The van der Waals surface area contributed by atoms with Crippen LogP contribution in [-0.2, 0) is 16.0 Å². The molecule has 0 aromatic heterocycles. The molecule has 0 amide bonds. The van der Waals surface area contributed by atoms with Gasteiger partial charge < -0.3 is 9.47 Å². The number of ether oxygens (including phenoxy) is 2. The molecule has 0 aliphatic carbocycles. The molecule has 3 rings (SSSR count). The normalized spacial score (nSPS) is 23.1. The molecule has 0 saturated carbocycles. The van der Waals surface area contributed by atoms with Crippen molar-refractivity contribution in [1.29, 1.82) is 0 Å². The predicted octanol–water partition coefficient (Wildman–Crippen LogP) is 2.16. The van der Waals surface area contributed by atoms with Gasteiger partial charge in [-0.25, -0.2) is 4.79 Å². The van der Waals surface area contributed by atoms with Gasteiger partial charge in [0.2, 0.25) is 0 Å². The zero-order valence-electron chi connectivity index (χ0n) is 14.6. The van der Waals surface area contributed by atoms with Crippen molar-refractivity contribution in [3.8, 4) is 0 Å². The highest BCUT2D eigenvalue weighted by atomic mass is 16.5. The molecular weight excluding hydrogens is 304 g/mol. The summed E-state index contributed by atoms with van der Waals surface area (Å²) in [7, 11) is 1.41. The topological polar surface area (TPSA) is 42.0 Å². The average molecular weight is 332 g/mol. The number of methoxy groups -OCH3 is 1. The van der Waals surface area contributed by atoms with E-state index in [0.29, 0.717) is 11.7 Å². The van der Waals surface area contributed by atoms with Crippen molar-refractivity contribution >= 4 is 5.97 Å². The molecule has 2 aliphatic heterocycles. The lowest BCUT2D eigenvalue weighted by molar-refractivity contribution is 0.0600. The smallest absolute Gasteiger partial charge is 0.337 e. The lowest BCUT2D eigenvalue weighted by Crippen LogP contribution is -2.35. The van der Waals surface area contributed by atoms with Crippen LogP contribution in [0.4, 0.5) is 0 Å². The zero-order chi connectivity index (χ0) is 16.8. The summed E-state index contributed by atoms with van der Waals surface area (Å²) in [6.07, 6.45) is 4.08. The Labute approximate surface area is 144 Å². The van der Waals surface area contributed by atoms with Crippen LogP contribution in [0.3, 0.4) is 0 Å². The average Bonchev–Trinajstić information content (AvgIpc) is 3.02. The molecule has 5 heteroatoms. The van der Waals surface area contributed by atoms with Crippen LogP contribution in [-0.4, -0.2) is 68.3 Å². The molecule has 1 unspecified atom stereocenters. The Kier molecular flexibility index (Phi) is 6.24. The summed E-state index contributed by atoms with van der Waals surface area (Å²) in [6, 6.07) is 7.76. The van der Waals surface area contributed by atoms with Gasteiger partial charge in [-0.3, -0.25) is 9.80 Å². The summed E-state index contributed by atoms with van der Waals surface area (Å²) in [5, 5.41) is 0. The van der Waals surface area contributed by atoms with Crippen molar-refractivity contribution in [2.24, 2.45) is 0 Å². The van der Waals surface area contributed by atoms with Gasteiger partial charge in [0, 0.05) is 32.8 Å². The van der Waals surface area contributed by atoms with Crippen LogP contribution < -0.4 is 0 Å². The lowest BCUT2D eigenvalue weighted by atomic mass is 10.1. The van der Waals surface area contributed by atoms with Gasteiger partial charge in [0.25, 0.3) is 0 Å². The molecule has 1 aromatic rings. The van der Waals surface area contributed by atoms with E-state index in [1.807, 2.05) is 24.3 Å². The minimum Gasteiger partial charge on any atom is -0.465 e. The van der Waals surface area contributed by atoms with Crippen molar-refractivity contribution in [2.75, 3.05) is 46.4 Å². The van der Waals surface area contributed by atoms with Gasteiger partial charge in [-0.15, -0.1) is 0 Å². The van der Waals surface area contributed by atoms with Crippen LogP contribution in [0.1, 0.15) is 35.2 Å². The van der Waals surface area contributed by atoms with Crippen molar-refractivity contribution in [2.45, 2.75) is 31.9 Å². The molecule has 2 saturated heterocycles. The van der Waals surface area contributed by atoms with Crippen LogP contribution >= 0.6 is 0 Å². The molecule has 5 nitrogen and oxygen atoms in total. The van der Waals surface area contributed by atoms with Crippen LogP contribution in [0.25, 0.3) is 0 Å². The second-order valence-electron chi connectivity index (χ2n) is 6.75. The third-order valence-electron chi connectivity index (χ3n) is 4.95. The fourth-order valence-corrected chi connectivity index (χ4v) is 3.56. The number of benzene rings is 1. The van der Waals surface area contributed by atoms with Crippen LogP contribution in [0.5, 0.6) is 0 Å². The molecule has 132 valence electrons. The molecule has 2 fully saturated rings. The molecule has 2 aliphatic rings. The standard InChI is InChI=1S/C19H28N2O3/c1-23-19(22)17-7-5-16(6-8-17)14-20-9-3-10-21(12-11-20)15-18-4-2-13-24-18/h5-8,18H,2-4,9-15H2,1H3. The van der Waals surface area contributed by atoms with Gasteiger partial charge >= 0.3 is 5.97 Å². The third kappa shape index (κ3) is 4.79. The molecular formula is C19H28N2O3. The lowest BCUT2D eigenvalue weighted by Gasteiger charge is -2.24. The zero-order valence-corrected chi connectivity index (χ0v) is 14.6. The minimum atomic E-state index is -0.277. The van der Waals surface area contributed by atoms with E-state index in [-0.39, 0.29) is 5.97 Å². The van der Waals surface area contributed by atoms with Crippen LogP contribution in [0.15, 0.2) is 24.3 Å². The van der Waals surface area contributed by atoms with E-state index in [4.69, 9.17) is 9.47 Å². The fraction of sp³-hybridized carbons (Fsp3) is 0.632. The molecule has 0 spiro atoms. The Balaban J connectivity index is 1.48. The van der Waals surface area contributed by atoms with Gasteiger partial charge in [0.15, 0.2) is 0 Å². The van der Waals surface area contributed by atoms with Gasteiger partial charge in [0.1, 0.15) is 0 Å². The molecule has 2 heterocycles. The molecule has 1 atom stereocenters. The van der Waals surface area contributed by atoms with Gasteiger partial charge in [0.05, 0.1) is 18.8 Å². The quantitative estimate of drug-likeness (QED) is 0.773. The third-order valence-corrected chi connectivity index (χ3v) is 4.95. The number of carbonyl (C=O) groups is 1. The number of rotatable bonds is 5. The first-order valence-corrected chi connectivity index (χ1v) is 8.98. The predicted molar refractivity (Wildman–Crippen MR) is 93.1 cm³/mol. The molecule has 1 aromatic carbocycles. The Bertz CT molecular complexity index is 526. The van der Waals surface area contributed by atoms with Crippen LogP contribution in [0, 0.1) is 0 Å². The second-order valence-corrected chi connectivity index (χ2v) is 6.75. The van der Waals surface area contributed by atoms with Crippen LogP contribution in [0.2, 0.25) is 0 Å². The fourth-order valence-electron chi connectivity index (χ4n) is 3.56. The number of hydrogen-bond acceptors (Lipinski definition) is 5. The van der Waals surface area contributed by atoms with Gasteiger partial charge in [-0.1, -0.05) is 12.1 Å². The first kappa shape index (κ1) is 17.4. The summed E-state index contributed by atoms with van der Waals surface area (Å²) >= 11 is 0. The molecule has 0 bridgehead atoms. The van der Waals surface area contributed by atoms with Crippen molar-refractivity contribution in [1.82, 2.24) is 9.80 Å². The summed E-state index contributed by atoms with van der Waals surface area (Å²) in [5.74, 6) is -0.277. The maximum absolute atomic E-state index is 11.5. The van der Waals surface area contributed by atoms with E-state index in [9.17, 15) is 4.79 Å². The summed E-state index contributed by atoms with van der Waals surface area (Å²) in [5.41, 5.74) is 1.86. The Morgan fingerprint density at radius 2 is 1.88 bits per heavy atom. The van der Waals surface area contributed by atoms with E-state index in [2.05, 4.69) is 9.80 Å². The first-order valence-electron chi connectivity index (χ1n) is 8.98. The second kappa shape index (κ2) is 8.60. The van der Waals surface area contributed by atoms with E-state index in [0.717, 1.165) is 45.9 Å². The van der Waals surface area contributed by atoms with Gasteiger partial charge in [-0.2, -0.15) is 0 Å². The number of hydrogen-bond donors (Lipinski definition) is 0. The van der Waals surface area contributed by atoms with E-state index in [1.165, 1.54) is 31.9 Å². The largest absolute Gasteiger partial charge is 0.465 e. The Hall–Kier alpha value is -1.43. The monoisotopic (exact) mass is 332 g/mol.